The molecule has 0 fully saturated rings. The third-order valence-corrected chi connectivity index (χ3v) is 4.10. The molecule has 0 aliphatic carbocycles. The maximum Gasteiger partial charge on any atom is 0.127 e. The molecule has 1 N–H and O–H groups in total. The normalized spacial score (nSPS) is 12.5. The van der Waals surface area contributed by atoms with E-state index in [0.29, 0.717) is 10.0 Å². The first-order valence-corrected chi connectivity index (χ1v) is 7.54. The van der Waals surface area contributed by atoms with Crippen LogP contribution in [0.2, 0.25) is 0 Å². The van der Waals surface area contributed by atoms with Gasteiger partial charge in [-0.3, -0.25) is 0 Å². The molecule has 0 saturated heterocycles. The van der Waals surface area contributed by atoms with Crippen LogP contribution in [0.1, 0.15) is 17.2 Å². The van der Waals surface area contributed by atoms with Gasteiger partial charge in [-0.1, -0.05) is 64.5 Å². The minimum Gasteiger partial charge on any atom is -0.388 e. The summed E-state index contributed by atoms with van der Waals surface area (Å²) in [5.74, 6) is -0.302. The highest BCUT2D eigenvalue weighted by Crippen LogP contribution is 2.27. The second-order valence-corrected chi connectivity index (χ2v) is 5.94. The summed E-state index contributed by atoms with van der Waals surface area (Å²) in [6.07, 6.45) is -0.473. The molecule has 0 aliphatic rings. The van der Waals surface area contributed by atoms with E-state index >= 15 is 0 Å². The molecule has 1 atom stereocenters. The van der Waals surface area contributed by atoms with Gasteiger partial charge < -0.3 is 5.11 Å². The number of fused-ring (bicyclic) bond motifs is 1. The Labute approximate surface area is 131 Å². The van der Waals surface area contributed by atoms with Crippen molar-refractivity contribution in [3.8, 4) is 0 Å². The van der Waals surface area contributed by atoms with Crippen LogP contribution in [0.4, 0.5) is 4.39 Å². The van der Waals surface area contributed by atoms with E-state index in [1.165, 1.54) is 6.07 Å². The lowest BCUT2D eigenvalue weighted by Crippen LogP contribution is -2.04. The van der Waals surface area contributed by atoms with Crippen LogP contribution in [0.15, 0.2) is 65.1 Å². The van der Waals surface area contributed by atoms with Gasteiger partial charge >= 0.3 is 0 Å². The summed E-state index contributed by atoms with van der Waals surface area (Å²) in [7, 11) is 0. The minimum absolute atomic E-state index is 0.257. The molecule has 106 valence electrons. The number of hydrogen-bond donors (Lipinski definition) is 1. The first-order chi connectivity index (χ1) is 10.1. The molecule has 3 aromatic carbocycles. The van der Waals surface area contributed by atoms with E-state index in [-0.39, 0.29) is 12.2 Å². The molecule has 1 unspecified atom stereocenters. The lowest BCUT2D eigenvalue weighted by atomic mass is 9.96. The van der Waals surface area contributed by atoms with Crippen molar-refractivity contribution in [1.82, 2.24) is 0 Å². The summed E-state index contributed by atoms with van der Waals surface area (Å²) in [6, 6.07) is 18.6. The van der Waals surface area contributed by atoms with Crippen molar-refractivity contribution in [2.75, 3.05) is 0 Å². The molecule has 0 saturated carbocycles. The van der Waals surface area contributed by atoms with E-state index in [9.17, 15) is 9.50 Å². The van der Waals surface area contributed by atoms with Gasteiger partial charge in [-0.2, -0.15) is 0 Å². The van der Waals surface area contributed by atoms with E-state index in [2.05, 4.69) is 15.9 Å². The van der Waals surface area contributed by atoms with E-state index in [1.54, 1.807) is 12.1 Å². The fourth-order valence-electron chi connectivity index (χ4n) is 2.55. The second-order valence-electron chi connectivity index (χ2n) is 5.02. The zero-order valence-corrected chi connectivity index (χ0v) is 12.8. The van der Waals surface area contributed by atoms with Crippen molar-refractivity contribution in [3.63, 3.8) is 0 Å². The smallest absolute Gasteiger partial charge is 0.127 e. The zero-order valence-electron chi connectivity index (χ0n) is 11.3. The van der Waals surface area contributed by atoms with E-state index in [1.807, 2.05) is 42.5 Å². The first kappa shape index (κ1) is 14.2. The maximum atomic E-state index is 13.9. The Hall–Kier alpha value is -1.71. The molecule has 0 radical (unpaired) electrons. The molecule has 0 aliphatic heterocycles. The Morgan fingerprint density at radius 3 is 2.57 bits per heavy atom. The summed E-state index contributed by atoms with van der Waals surface area (Å²) in [6.45, 7) is 0. The third-order valence-electron chi connectivity index (χ3n) is 3.61. The molecule has 0 heterocycles. The average Bonchev–Trinajstić information content (AvgIpc) is 2.49. The standard InChI is InChI=1S/C18H14BrFO/c19-14-9-8-13(17(20)11-14)10-18(21)16-7-3-5-12-4-1-2-6-15(12)16/h1-9,11,18,21H,10H2. The van der Waals surface area contributed by atoms with Gasteiger partial charge in [0.1, 0.15) is 5.82 Å². The molecule has 3 rings (SSSR count). The summed E-state index contributed by atoms with van der Waals surface area (Å²) < 4.78 is 14.6. The Bertz CT molecular complexity index is 780. The Kier molecular flexibility index (Phi) is 4.04. The second kappa shape index (κ2) is 5.96. The summed E-state index contributed by atoms with van der Waals surface area (Å²) in [5, 5.41) is 12.6. The molecule has 0 bridgehead atoms. The van der Waals surface area contributed by atoms with Gasteiger partial charge in [0.15, 0.2) is 0 Å². The van der Waals surface area contributed by atoms with Crippen LogP contribution in [-0.4, -0.2) is 5.11 Å². The predicted molar refractivity (Wildman–Crippen MR) is 86.7 cm³/mol. The highest BCUT2D eigenvalue weighted by atomic mass is 79.9. The summed E-state index contributed by atoms with van der Waals surface area (Å²) >= 11 is 3.24. The van der Waals surface area contributed by atoms with Crippen LogP contribution < -0.4 is 0 Å². The molecule has 3 heteroatoms. The SMILES string of the molecule is OC(Cc1ccc(Br)cc1F)c1cccc2ccccc12. The summed E-state index contributed by atoms with van der Waals surface area (Å²) in [4.78, 5) is 0. The molecular formula is C18H14BrFO. The van der Waals surface area contributed by atoms with Crippen molar-refractivity contribution in [2.45, 2.75) is 12.5 Å². The molecule has 0 spiro atoms. The van der Waals surface area contributed by atoms with Gasteiger partial charge in [-0.15, -0.1) is 0 Å². The first-order valence-electron chi connectivity index (χ1n) is 6.75. The number of halogens is 2. The van der Waals surface area contributed by atoms with Crippen molar-refractivity contribution >= 4 is 26.7 Å². The Morgan fingerprint density at radius 1 is 1.00 bits per heavy atom. The number of hydrogen-bond acceptors (Lipinski definition) is 1. The Balaban J connectivity index is 1.95. The maximum absolute atomic E-state index is 13.9. The highest BCUT2D eigenvalue weighted by Gasteiger charge is 2.14. The Morgan fingerprint density at radius 2 is 1.76 bits per heavy atom. The quantitative estimate of drug-likeness (QED) is 0.707. The highest BCUT2D eigenvalue weighted by molar-refractivity contribution is 9.10. The largest absolute Gasteiger partial charge is 0.388 e. The molecule has 1 nitrogen and oxygen atoms in total. The number of rotatable bonds is 3. The van der Waals surface area contributed by atoms with Gasteiger partial charge in [-0.25, -0.2) is 4.39 Å². The lowest BCUT2D eigenvalue weighted by Gasteiger charge is -2.14. The molecule has 3 aromatic rings. The zero-order chi connectivity index (χ0) is 14.8. The van der Waals surface area contributed by atoms with E-state index in [0.717, 1.165) is 16.3 Å². The average molecular weight is 345 g/mol. The fraction of sp³-hybridized carbons (Fsp3) is 0.111. The van der Waals surface area contributed by atoms with Gasteiger partial charge in [0.25, 0.3) is 0 Å². The minimum atomic E-state index is -0.730. The fourth-order valence-corrected chi connectivity index (χ4v) is 2.88. The monoisotopic (exact) mass is 344 g/mol. The van der Waals surface area contributed by atoms with E-state index in [4.69, 9.17) is 0 Å². The molecule has 0 amide bonds. The van der Waals surface area contributed by atoms with E-state index < -0.39 is 6.10 Å². The van der Waals surface area contributed by atoms with Crippen LogP contribution in [-0.2, 0) is 6.42 Å². The van der Waals surface area contributed by atoms with Crippen LogP contribution >= 0.6 is 15.9 Å². The van der Waals surface area contributed by atoms with Crippen LogP contribution in [0.3, 0.4) is 0 Å². The molecular weight excluding hydrogens is 331 g/mol. The number of benzene rings is 3. The van der Waals surface area contributed by atoms with Crippen LogP contribution in [0.25, 0.3) is 10.8 Å². The van der Waals surface area contributed by atoms with Crippen molar-refractivity contribution < 1.29 is 9.50 Å². The molecule has 21 heavy (non-hydrogen) atoms. The third kappa shape index (κ3) is 2.99. The van der Waals surface area contributed by atoms with Crippen molar-refractivity contribution in [3.05, 3.63) is 82.1 Å². The van der Waals surface area contributed by atoms with Crippen molar-refractivity contribution in [1.29, 1.82) is 0 Å². The predicted octanol–water partition coefficient (Wildman–Crippen LogP) is 5.02. The molecule has 0 aromatic heterocycles. The lowest BCUT2D eigenvalue weighted by molar-refractivity contribution is 0.178. The van der Waals surface area contributed by atoms with Gasteiger partial charge in [0.2, 0.25) is 0 Å². The van der Waals surface area contributed by atoms with Gasteiger partial charge in [0.05, 0.1) is 6.10 Å². The van der Waals surface area contributed by atoms with Crippen LogP contribution in [0, 0.1) is 5.82 Å². The number of aliphatic hydroxyl groups is 1. The van der Waals surface area contributed by atoms with Gasteiger partial charge in [0, 0.05) is 10.9 Å². The topological polar surface area (TPSA) is 20.2 Å². The summed E-state index contributed by atoms with van der Waals surface area (Å²) in [5.41, 5.74) is 1.34. The van der Waals surface area contributed by atoms with Crippen LogP contribution in [0.5, 0.6) is 0 Å². The number of aliphatic hydroxyl groups excluding tert-OH is 1. The van der Waals surface area contributed by atoms with Gasteiger partial charge in [-0.05, 0) is 34.0 Å². The van der Waals surface area contributed by atoms with Crippen molar-refractivity contribution in [2.24, 2.45) is 0 Å².